The smallest absolute Gasteiger partial charge is 0.0474 e. The molecule has 0 radical (unpaired) electrons. The van der Waals surface area contributed by atoms with Crippen molar-refractivity contribution in [3.63, 3.8) is 0 Å². The number of hydrogen-bond acceptors (Lipinski definition) is 2. The first-order chi connectivity index (χ1) is 4.83. The maximum atomic E-state index is 8.98. The summed E-state index contributed by atoms with van der Waals surface area (Å²) < 4.78 is 0. The molecule has 2 heterocycles. The van der Waals surface area contributed by atoms with Crippen LogP contribution in [0.4, 0.5) is 0 Å². The van der Waals surface area contributed by atoms with Gasteiger partial charge < -0.3 is 10.0 Å². The summed E-state index contributed by atoms with van der Waals surface area (Å²) in [5, 5.41) is 8.98. The Labute approximate surface area is 61.8 Å². The zero-order valence-corrected chi connectivity index (χ0v) is 6.45. The minimum absolute atomic E-state index is 0.394. The maximum absolute atomic E-state index is 8.98. The SMILES string of the molecule is CN1C2CCC1[C@H](CO)C2. The highest BCUT2D eigenvalue weighted by Crippen LogP contribution is 2.39. The van der Waals surface area contributed by atoms with E-state index in [1.165, 1.54) is 19.3 Å². The van der Waals surface area contributed by atoms with Crippen LogP contribution in [0.3, 0.4) is 0 Å². The number of aliphatic hydroxyl groups is 1. The average molecular weight is 141 g/mol. The van der Waals surface area contributed by atoms with Gasteiger partial charge in [0.2, 0.25) is 0 Å². The lowest BCUT2D eigenvalue weighted by Gasteiger charge is -2.18. The monoisotopic (exact) mass is 141 g/mol. The molecule has 0 aliphatic carbocycles. The van der Waals surface area contributed by atoms with Gasteiger partial charge >= 0.3 is 0 Å². The Balaban J connectivity index is 2.08. The molecule has 58 valence electrons. The zero-order chi connectivity index (χ0) is 7.14. The third-order valence-corrected chi connectivity index (χ3v) is 3.25. The van der Waals surface area contributed by atoms with E-state index in [2.05, 4.69) is 11.9 Å². The Morgan fingerprint density at radius 1 is 1.50 bits per heavy atom. The van der Waals surface area contributed by atoms with Crippen LogP contribution in [-0.2, 0) is 0 Å². The first-order valence-electron chi connectivity index (χ1n) is 4.15. The van der Waals surface area contributed by atoms with E-state index in [1.807, 2.05) is 0 Å². The Morgan fingerprint density at radius 2 is 2.30 bits per heavy atom. The van der Waals surface area contributed by atoms with Crippen molar-refractivity contribution in [2.45, 2.75) is 31.3 Å². The van der Waals surface area contributed by atoms with Gasteiger partial charge in [-0.3, -0.25) is 0 Å². The molecule has 2 unspecified atom stereocenters. The van der Waals surface area contributed by atoms with Crippen LogP contribution < -0.4 is 0 Å². The van der Waals surface area contributed by atoms with Gasteiger partial charge in [0, 0.05) is 18.7 Å². The summed E-state index contributed by atoms with van der Waals surface area (Å²) >= 11 is 0. The minimum Gasteiger partial charge on any atom is -0.396 e. The van der Waals surface area contributed by atoms with Crippen molar-refractivity contribution < 1.29 is 5.11 Å². The molecule has 0 aromatic carbocycles. The first-order valence-corrected chi connectivity index (χ1v) is 4.15. The lowest BCUT2D eigenvalue weighted by atomic mass is 9.90. The van der Waals surface area contributed by atoms with Gasteiger partial charge in [0.05, 0.1) is 0 Å². The van der Waals surface area contributed by atoms with Gasteiger partial charge in [0.1, 0.15) is 0 Å². The fourth-order valence-corrected chi connectivity index (χ4v) is 2.60. The van der Waals surface area contributed by atoms with Crippen LogP contribution in [0.15, 0.2) is 0 Å². The van der Waals surface area contributed by atoms with Crippen molar-refractivity contribution in [1.82, 2.24) is 4.90 Å². The van der Waals surface area contributed by atoms with Gasteiger partial charge in [0.15, 0.2) is 0 Å². The zero-order valence-electron chi connectivity index (χ0n) is 6.45. The van der Waals surface area contributed by atoms with Crippen LogP contribution in [0.1, 0.15) is 19.3 Å². The van der Waals surface area contributed by atoms with Crippen molar-refractivity contribution in [2.75, 3.05) is 13.7 Å². The molecule has 2 aliphatic heterocycles. The van der Waals surface area contributed by atoms with E-state index >= 15 is 0 Å². The van der Waals surface area contributed by atoms with Gasteiger partial charge in [-0.2, -0.15) is 0 Å². The van der Waals surface area contributed by atoms with E-state index < -0.39 is 0 Å². The molecule has 2 saturated heterocycles. The van der Waals surface area contributed by atoms with E-state index in [-0.39, 0.29) is 0 Å². The highest BCUT2D eigenvalue weighted by Gasteiger charge is 2.43. The van der Waals surface area contributed by atoms with Crippen LogP contribution in [0.2, 0.25) is 0 Å². The molecular formula is C8H15NO. The van der Waals surface area contributed by atoms with Gasteiger partial charge in [-0.1, -0.05) is 0 Å². The van der Waals surface area contributed by atoms with Crippen molar-refractivity contribution in [3.8, 4) is 0 Å². The highest BCUT2D eigenvalue weighted by molar-refractivity contribution is 4.98. The largest absolute Gasteiger partial charge is 0.396 e. The molecule has 2 rings (SSSR count). The summed E-state index contributed by atoms with van der Waals surface area (Å²) in [4.78, 5) is 2.45. The van der Waals surface area contributed by atoms with E-state index in [9.17, 15) is 0 Å². The molecule has 0 aromatic heterocycles. The fourth-order valence-electron chi connectivity index (χ4n) is 2.60. The van der Waals surface area contributed by atoms with Crippen LogP contribution >= 0.6 is 0 Å². The van der Waals surface area contributed by atoms with Crippen LogP contribution in [0.5, 0.6) is 0 Å². The number of hydrogen-bond donors (Lipinski definition) is 1. The Morgan fingerprint density at radius 3 is 2.60 bits per heavy atom. The van der Waals surface area contributed by atoms with Crippen molar-refractivity contribution in [3.05, 3.63) is 0 Å². The normalized spacial score (nSPS) is 46.8. The summed E-state index contributed by atoms with van der Waals surface area (Å²) in [6, 6.07) is 1.50. The predicted molar refractivity (Wildman–Crippen MR) is 39.8 cm³/mol. The third kappa shape index (κ3) is 0.722. The maximum Gasteiger partial charge on any atom is 0.0474 e. The second-order valence-corrected chi connectivity index (χ2v) is 3.64. The number of rotatable bonds is 1. The molecule has 1 N–H and O–H groups in total. The van der Waals surface area contributed by atoms with Gasteiger partial charge in [-0.15, -0.1) is 0 Å². The molecule has 2 heteroatoms. The Kier molecular flexibility index (Phi) is 1.46. The van der Waals surface area contributed by atoms with Crippen molar-refractivity contribution >= 4 is 0 Å². The summed E-state index contributed by atoms with van der Waals surface area (Å²) in [6.07, 6.45) is 3.90. The highest BCUT2D eigenvalue weighted by atomic mass is 16.3. The van der Waals surface area contributed by atoms with Gasteiger partial charge in [-0.05, 0) is 32.2 Å². The lowest BCUT2D eigenvalue weighted by Crippen LogP contribution is -2.27. The summed E-state index contributed by atoms with van der Waals surface area (Å²) in [6.45, 7) is 0.394. The predicted octanol–water partition coefficient (Wildman–Crippen LogP) is 0.461. The Hall–Kier alpha value is -0.0800. The molecule has 0 spiro atoms. The average Bonchev–Trinajstić information content (AvgIpc) is 2.46. The van der Waals surface area contributed by atoms with E-state index in [1.54, 1.807) is 0 Å². The van der Waals surface area contributed by atoms with Crippen molar-refractivity contribution in [1.29, 1.82) is 0 Å². The second kappa shape index (κ2) is 2.21. The van der Waals surface area contributed by atoms with Crippen LogP contribution in [0, 0.1) is 5.92 Å². The number of aliphatic hydroxyl groups excluding tert-OH is 1. The molecule has 2 fully saturated rings. The standard InChI is InChI=1S/C8H15NO/c1-9-7-2-3-8(9)6(4-7)5-10/h6-8,10H,2-5H2,1H3/t6-,7?,8?/m0/s1. The summed E-state index contributed by atoms with van der Waals surface area (Å²) in [5.74, 6) is 0.587. The molecule has 2 aliphatic rings. The lowest BCUT2D eigenvalue weighted by molar-refractivity contribution is 0.186. The molecular weight excluding hydrogens is 126 g/mol. The topological polar surface area (TPSA) is 23.5 Å². The fraction of sp³-hybridized carbons (Fsp3) is 1.00. The minimum atomic E-state index is 0.394. The molecule has 10 heavy (non-hydrogen) atoms. The van der Waals surface area contributed by atoms with Crippen LogP contribution in [0.25, 0.3) is 0 Å². The van der Waals surface area contributed by atoms with Gasteiger partial charge in [-0.25, -0.2) is 0 Å². The van der Waals surface area contributed by atoms with Crippen molar-refractivity contribution in [2.24, 2.45) is 5.92 Å². The molecule has 3 atom stereocenters. The number of nitrogens with zero attached hydrogens (tertiary/aromatic N) is 1. The van der Waals surface area contributed by atoms with E-state index in [0.29, 0.717) is 18.6 Å². The van der Waals surface area contributed by atoms with E-state index in [4.69, 9.17) is 5.11 Å². The molecule has 2 bridgehead atoms. The quantitative estimate of drug-likeness (QED) is 0.573. The third-order valence-electron chi connectivity index (χ3n) is 3.25. The second-order valence-electron chi connectivity index (χ2n) is 3.64. The summed E-state index contributed by atoms with van der Waals surface area (Å²) in [7, 11) is 2.19. The van der Waals surface area contributed by atoms with Gasteiger partial charge in [0.25, 0.3) is 0 Å². The summed E-state index contributed by atoms with van der Waals surface area (Å²) in [5.41, 5.74) is 0. The first kappa shape index (κ1) is 6.62. The molecule has 0 saturated carbocycles. The Bertz CT molecular complexity index is 137. The number of fused-ring (bicyclic) bond motifs is 2. The van der Waals surface area contributed by atoms with E-state index in [0.717, 1.165) is 6.04 Å². The van der Waals surface area contributed by atoms with Crippen LogP contribution in [-0.4, -0.2) is 35.7 Å². The molecule has 0 aromatic rings. The molecule has 2 nitrogen and oxygen atoms in total. The molecule has 0 amide bonds.